The summed E-state index contributed by atoms with van der Waals surface area (Å²) in [6, 6.07) is 5.83. The zero-order valence-electron chi connectivity index (χ0n) is 14.7. The number of pyridine rings is 1. The van der Waals surface area contributed by atoms with Crippen LogP contribution in [0, 0.1) is 5.92 Å². The number of carbonyl (C=O) groups is 1. The van der Waals surface area contributed by atoms with Gasteiger partial charge in [0.15, 0.2) is 11.5 Å². The minimum Gasteiger partial charge on any atom is -0.466 e. The van der Waals surface area contributed by atoms with Crippen molar-refractivity contribution in [3.63, 3.8) is 0 Å². The van der Waals surface area contributed by atoms with Crippen LogP contribution in [-0.2, 0) is 15.7 Å². The monoisotopic (exact) mass is 380 g/mol. The minimum atomic E-state index is -4.59. The van der Waals surface area contributed by atoms with Gasteiger partial charge in [0.2, 0.25) is 0 Å². The van der Waals surface area contributed by atoms with E-state index in [0.29, 0.717) is 32.5 Å². The molecule has 0 atom stereocenters. The third kappa shape index (κ3) is 4.53. The van der Waals surface area contributed by atoms with Crippen molar-refractivity contribution < 1.29 is 22.7 Å². The molecule has 0 unspecified atom stereocenters. The average molecular weight is 380 g/mol. The van der Waals surface area contributed by atoms with E-state index in [1.807, 2.05) is 0 Å². The Kier molecular flexibility index (Phi) is 5.57. The van der Waals surface area contributed by atoms with Crippen LogP contribution in [0.2, 0.25) is 0 Å². The summed E-state index contributed by atoms with van der Waals surface area (Å²) >= 11 is 0. The van der Waals surface area contributed by atoms with Gasteiger partial charge in [-0.1, -0.05) is 6.07 Å². The number of piperidine rings is 1. The van der Waals surface area contributed by atoms with Gasteiger partial charge in [-0.15, -0.1) is 0 Å². The van der Waals surface area contributed by atoms with Crippen LogP contribution in [0.1, 0.15) is 25.5 Å². The maximum Gasteiger partial charge on any atom is 0.433 e. The smallest absolute Gasteiger partial charge is 0.433 e. The molecule has 0 amide bonds. The molecule has 0 radical (unpaired) electrons. The highest BCUT2D eigenvalue weighted by atomic mass is 19.4. The molecule has 0 aromatic carbocycles. The highest BCUT2D eigenvalue weighted by Crippen LogP contribution is 2.32. The normalized spacial score (nSPS) is 15.6. The standard InChI is InChI=1S/C18H19F3N4O2/c1-2-27-17(26)12-6-9-25(10-7-12)15-11-14(18(19,20)21)23-16(24-15)13-5-3-4-8-22-13/h3-5,8,11-12H,2,6-7,9-10H2,1H3. The number of hydrogen-bond donors (Lipinski definition) is 0. The van der Waals surface area contributed by atoms with Crippen molar-refractivity contribution in [3.05, 3.63) is 36.2 Å². The molecule has 9 heteroatoms. The molecule has 1 saturated heterocycles. The van der Waals surface area contributed by atoms with E-state index in [-0.39, 0.29) is 29.2 Å². The van der Waals surface area contributed by atoms with Crippen molar-refractivity contribution in [2.45, 2.75) is 25.9 Å². The fraction of sp³-hybridized carbons (Fsp3) is 0.444. The molecule has 1 aliphatic rings. The number of anilines is 1. The van der Waals surface area contributed by atoms with Crippen LogP contribution in [0.5, 0.6) is 0 Å². The molecule has 0 saturated carbocycles. The zero-order chi connectivity index (χ0) is 19.4. The van der Waals surface area contributed by atoms with Gasteiger partial charge in [0.1, 0.15) is 11.5 Å². The summed E-state index contributed by atoms with van der Waals surface area (Å²) in [5.41, 5.74) is -0.744. The summed E-state index contributed by atoms with van der Waals surface area (Å²) in [7, 11) is 0. The molecule has 2 aromatic rings. The van der Waals surface area contributed by atoms with Crippen molar-refractivity contribution in [3.8, 4) is 11.5 Å². The largest absolute Gasteiger partial charge is 0.466 e. The molecule has 6 nitrogen and oxygen atoms in total. The molecule has 3 heterocycles. The SMILES string of the molecule is CCOC(=O)C1CCN(c2cc(C(F)(F)F)nc(-c3ccccn3)n2)CC1. The van der Waals surface area contributed by atoms with E-state index in [2.05, 4.69) is 15.0 Å². The quantitative estimate of drug-likeness (QED) is 0.758. The molecular formula is C18H19F3N4O2. The van der Waals surface area contributed by atoms with E-state index in [1.54, 1.807) is 30.0 Å². The van der Waals surface area contributed by atoms with E-state index in [4.69, 9.17) is 4.74 Å². The molecule has 27 heavy (non-hydrogen) atoms. The Hall–Kier alpha value is -2.71. The molecule has 0 spiro atoms. The van der Waals surface area contributed by atoms with Crippen LogP contribution in [0.3, 0.4) is 0 Å². The first-order valence-electron chi connectivity index (χ1n) is 8.67. The zero-order valence-corrected chi connectivity index (χ0v) is 14.7. The van der Waals surface area contributed by atoms with Gasteiger partial charge in [-0.25, -0.2) is 9.97 Å². The van der Waals surface area contributed by atoms with Crippen LogP contribution < -0.4 is 4.90 Å². The van der Waals surface area contributed by atoms with Gasteiger partial charge in [0, 0.05) is 25.4 Å². The van der Waals surface area contributed by atoms with Gasteiger partial charge >= 0.3 is 12.1 Å². The first-order valence-corrected chi connectivity index (χ1v) is 8.67. The Bertz CT molecular complexity index is 791. The van der Waals surface area contributed by atoms with Crippen molar-refractivity contribution >= 4 is 11.8 Å². The van der Waals surface area contributed by atoms with Crippen LogP contribution in [0.15, 0.2) is 30.5 Å². The maximum absolute atomic E-state index is 13.3. The van der Waals surface area contributed by atoms with Crippen molar-refractivity contribution in [2.75, 3.05) is 24.6 Å². The predicted molar refractivity (Wildman–Crippen MR) is 91.8 cm³/mol. The number of rotatable bonds is 4. The third-order valence-corrected chi connectivity index (χ3v) is 4.34. The van der Waals surface area contributed by atoms with Gasteiger partial charge in [-0.3, -0.25) is 9.78 Å². The summed E-state index contributed by atoms with van der Waals surface area (Å²) < 4.78 is 44.9. The molecule has 144 valence electrons. The van der Waals surface area contributed by atoms with Gasteiger partial charge in [0.25, 0.3) is 0 Å². The summed E-state index contributed by atoms with van der Waals surface area (Å²) in [6.45, 7) is 2.89. The van der Waals surface area contributed by atoms with E-state index in [1.165, 1.54) is 6.20 Å². The molecular weight excluding hydrogens is 361 g/mol. The third-order valence-electron chi connectivity index (χ3n) is 4.34. The summed E-state index contributed by atoms with van der Waals surface area (Å²) in [5, 5.41) is 0. The van der Waals surface area contributed by atoms with E-state index in [0.717, 1.165) is 6.07 Å². The highest BCUT2D eigenvalue weighted by molar-refractivity contribution is 5.72. The lowest BCUT2D eigenvalue weighted by Crippen LogP contribution is -2.37. The Balaban J connectivity index is 1.86. The van der Waals surface area contributed by atoms with Crippen molar-refractivity contribution in [1.82, 2.24) is 15.0 Å². The van der Waals surface area contributed by atoms with Crippen LogP contribution >= 0.6 is 0 Å². The lowest BCUT2D eigenvalue weighted by Gasteiger charge is -2.32. The summed E-state index contributed by atoms with van der Waals surface area (Å²) in [4.78, 5) is 25.5. The first kappa shape index (κ1) is 19.1. The molecule has 3 rings (SSSR count). The Morgan fingerprint density at radius 3 is 2.59 bits per heavy atom. The van der Waals surface area contributed by atoms with Crippen LogP contribution in [-0.4, -0.2) is 40.6 Å². The summed E-state index contributed by atoms with van der Waals surface area (Å²) in [6.07, 6.45) is -2.11. The first-order chi connectivity index (χ1) is 12.9. The Morgan fingerprint density at radius 2 is 2.00 bits per heavy atom. The molecule has 0 N–H and O–H groups in total. The maximum atomic E-state index is 13.3. The van der Waals surface area contributed by atoms with Crippen LogP contribution in [0.4, 0.5) is 19.0 Å². The summed E-state index contributed by atoms with van der Waals surface area (Å²) in [5.74, 6) is -0.390. The number of aromatic nitrogens is 3. The van der Waals surface area contributed by atoms with E-state index >= 15 is 0 Å². The lowest BCUT2D eigenvalue weighted by atomic mass is 9.97. The number of esters is 1. The van der Waals surface area contributed by atoms with Gasteiger partial charge in [-0.05, 0) is 31.9 Å². The number of hydrogen-bond acceptors (Lipinski definition) is 6. The fourth-order valence-electron chi connectivity index (χ4n) is 2.96. The molecule has 1 fully saturated rings. The van der Waals surface area contributed by atoms with Gasteiger partial charge < -0.3 is 9.64 Å². The highest BCUT2D eigenvalue weighted by Gasteiger charge is 2.35. The second-order valence-electron chi connectivity index (χ2n) is 6.16. The van der Waals surface area contributed by atoms with Crippen molar-refractivity contribution in [1.29, 1.82) is 0 Å². The molecule has 0 bridgehead atoms. The Labute approximate surface area is 154 Å². The van der Waals surface area contributed by atoms with Gasteiger partial charge in [0.05, 0.1) is 12.5 Å². The lowest BCUT2D eigenvalue weighted by molar-refractivity contribution is -0.148. The number of nitrogens with zero attached hydrogens (tertiary/aromatic N) is 4. The number of alkyl halides is 3. The fourth-order valence-corrected chi connectivity index (χ4v) is 2.96. The number of halogens is 3. The molecule has 0 aliphatic carbocycles. The molecule has 1 aliphatic heterocycles. The van der Waals surface area contributed by atoms with E-state index in [9.17, 15) is 18.0 Å². The second kappa shape index (κ2) is 7.89. The van der Waals surface area contributed by atoms with Gasteiger partial charge in [-0.2, -0.15) is 13.2 Å². The molecule has 2 aromatic heterocycles. The van der Waals surface area contributed by atoms with E-state index < -0.39 is 11.9 Å². The average Bonchev–Trinajstić information content (AvgIpc) is 2.68. The topological polar surface area (TPSA) is 68.2 Å². The number of carbonyl (C=O) groups excluding carboxylic acids is 1. The van der Waals surface area contributed by atoms with Crippen LogP contribution in [0.25, 0.3) is 11.5 Å². The second-order valence-corrected chi connectivity index (χ2v) is 6.16. The minimum absolute atomic E-state index is 0.0760. The number of ether oxygens (including phenoxy) is 1. The predicted octanol–water partition coefficient (Wildman–Crippen LogP) is 3.34. The Morgan fingerprint density at radius 1 is 1.26 bits per heavy atom. The van der Waals surface area contributed by atoms with Crippen molar-refractivity contribution in [2.24, 2.45) is 5.92 Å².